The molecular formula is C36H40ClN3O5S. The van der Waals surface area contributed by atoms with Crippen LogP contribution in [0.25, 0.3) is 0 Å². The maximum atomic E-state index is 14.6. The van der Waals surface area contributed by atoms with Crippen molar-refractivity contribution in [3.05, 3.63) is 125 Å². The third kappa shape index (κ3) is 9.11. The summed E-state index contributed by atoms with van der Waals surface area (Å²) < 4.78 is 34.8. The minimum Gasteiger partial charge on any atom is -0.497 e. The molecule has 0 saturated carbocycles. The summed E-state index contributed by atoms with van der Waals surface area (Å²) in [6.45, 7) is 5.73. The Hall–Kier alpha value is -4.34. The van der Waals surface area contributed by atoms with Gasteiger partial charge in [-0.15, -0.1) is 0 Å². The first-order valence-corrected chi connectivity index (χ1v) is 16.9. The summed E-state index contributed by atoms with van der Waals surface area (Å²) in [5.41, 5.74) is 2.70. The molecule has 0 radical (unpaired) electrons. The number of aryl methyl sites for hydroxylation is 1. The number of halogens is 1. The molecule has 0 unspecified atom stereocenters. The van der Waals surface area contributed by atoms with E-state index in [-0.39, 0.29) is 35.4 Å². The van der Waals surface area contributed by atoms with E-state index in [1.165, 1.54) is 24.1 Å². The highest BCUT2D eigenvalue weighted by atomic mass is 35.5. The normalized spacial score (nSPS) is 12.0. The van der Waals surface area contributed by atoms with Gasteiger partial charge < -0.3 is 15.0 Å². The fourth-order valence-corrected chi connectivity index (χ4v) is 6.56. The fourth-order valence-electron chi connectivity index (χ4n) is 4.94. The quantitative estimate of drug-likeness (QED) is 0.172. The zero-order valence-electron chi connectivity index (χ0n) is 26.5. The minimum absolute atomic E-state index is 0.0303. The first kappa shape index (κ1) is 34.5. The van der Waals surface area contributed by atoms with Crippen LogP contribution < -0.4 is 14.4 Å². The molecule has 46 heavy (non-hydrogen) atoms. The Balaban J connectivity index is 1.81. The van der Waals surface area contributed by atoms with E-state index in [1.807, 2.05) is 57.2 Å². The molecule has 2 amide bonds. The van der Waals surface area contributed by atoms with E-state index in [4.69, 9.17) is 16.3 Å². The van der Waals surface area contributed by atoms with E-state index in [0.29, 0.717) is 22.9 Å². The molecule has 0 bridgehead atoms. The van der Waals surface area contributed by atoms with Crippen molar-refractivity contribution in [3.8, 4) is 5.75 Å². The Morgan fingerprint density at radius 2 is 1.54 bits per heavy atom. The topological polar surface area (TPSA) is 96.0 Å². The Bertz CT molecular complexity index is 1730. The molecule has 0 aliphatic carbocycles. The molecule has 0 aromatic heterocycles. The Morgan fingerprint density at radius 1 is 0.870 bits per heavy atom. The number of nitrogens with zero attached hydrogens (tertiary/aromatic N) is 2. The molecule has 8 nitrogen and oxygen atoms in total. The first-order valence-electron chi connectivity index (χ1n) is 15.1. The number of anilines is 1. The maximum Gasteiger partial charge on any atom is 0.264 e. The number of ether oxygens (including phenoxy) is 1. The lowest BCUT2D eigenvalue weighted by molar-refractivity contribution is -0.140. The smallest absolute Gasteiger partial charge is 0.264 e. The van der Waals surface area contributed by atoms with E-state index in [1.54, 1.807) is 54.6 Å². The van der Waals surface area contributed by atoms with Crippen molar-refractivity contribution in [1.82, 2.24) is 10.2 Å². The number of methoxy groups -OCH3 is 1. The van der Waals surface area contributed by atoms with Crippen molar-refractivity contribution in [2.45, 2.75) is 44.7 Å². The van der Waals surface area contributed by atoms with Gasteiger partial charge in [0, 0.05) is 30.6 Å². The summed E-state index contributed by atoms with van der Waals surface area (Å²) in [5.74, 6) is -0.275. The maximum absolute atomic E-state index is 14.6. The van der Waals surface area contributed by atoms with E-state index < -0.39 is 28.5 Å². The third-order valence-electron chi connectivity index (χ3n) is 7.43. The molecule has 4 rings (SSSR count). The lowest BCUT2D eigenvalue weighted by atomic mass is 10.0. The van der Waals surface area contributed by atoms with Gasteiger partial charge in [0.25, 0.3) is 10.0 Å². The molecule has 242 valence electrons. The Kier molecular flexibility index (Phi) is 11.8. The van der Waals surface area contributed by atoms with Gasteiger partial charge in [-0.2, -0.15) is 0 Å². The number of nitrogens with one attached hydrogen (secondary N) is 1. The first-order chi connectivity index (χ1) is 22.0. The predicted octanol–water partition coefficient (Wildman–Crippen LogP) is 6.26. The van der Waals surface area contributed by atoms with Crippen molar-refractivity contribution in [3.63, 3.8) is 0 Å². The van der Waals surface area contributed by atoms with Crippen molar-refractivity contribution in [1.29, 1.82) is 0 Å². The monoisotopic (exact) mass is 661 g/mol. The number of amides is 2. The number of rotatable bonds is 14. The number of sulfonamides is 1. The van der Waals surface area contributed by atoms with Crippen LogP contribution in [0.3, 0.4) is 0 Å². The van der Waals surface area contributed by atoms with E-state index >= 15 is 0 Å². The van der Waals surface area contributed by atoms with Gasteiger partial charge in [-0.25, -0.2) is 8.42 Å². The molecule has 4 aromatic rings. The second kappa shape index (κ2) is 15.8. The van der Waals surface area contributed by atoms with Gasteiger partial charge in [-0.1, -0.05) is 91.7 Å². The zero-order chi connectivity index (χ0) is 33.3. The summed E-state index contributed by atoms with van der Waals surface area (Å²) in [7, 11) is -2.74. The fraction of sp³-hybridized carbons (Fsp3) is 0.278. The van der Waals surface area contributed by atoms with Gasteiger partial charge in [-0.05, 0) is 60.4 Å². The SMILES string of the molecule is COc1cccc(N(CC(=O)N(Cc2cccc(Cl)c2)[C@H](Cc2ccccc2)C(=O)NCC(C)C)S(=O)(=O)c2ccc(C)cc2)c1. The highest BCUT2D eigenvalue weighted by Gasteiger charge is 2.34. The second-order valence-corrected chi connectivity index (χ2v) is 13.8. The molecule has 10 heteroatoms. The third-order valence-corrected chi connectivity index (χ3v) is 9.45. The Labute approximate surface area is 277 Å². The van der Waals surface area contributed by atoms with E-state index in [0.717, 1.165) is 15.4 Å². The molecule has 0 spiro atoms. The average Bonchev–Trinajstić information content (AvgIpc) is 3.04. The Morgan fingerprint density at radius 3 is 2.20 bits per heavy atom. The molecule has 0 fully saturated rings. The largest absolute Gasteiger partial charge is 0.497 e. The minimum atomic E-state index is -4.22. The summed E-state index contributed by atoms with van der Waals surface area (Å²) >= 11 is 6.31. The van der Waals surface area contributed by atoms with Crippen LogP contribution >= 0.6 is 11.6 Å². The van der Waals surface area contributed by atoms with E-state index in [2.05, 4.69) is 5.32 Å². The summed E-state index contributed by atoms with van der Waals surface area (Å²) in [4.78, 5) is 29.9. The zero-order valence-corrected chi connectivity index (χ0v) is 28.1. The van der Waals surface area contributed by atoms with E-state index in [9.17, 15) is 18.0 Å². The molecule has 1 atom stereocenters. The molecule has 0 heterocycles. The number of carbonyl (C=O) groups is 2. The number of carbonyl (C=O) groups excluding carboxylic acids is 2. The van der Waals surface area contributed by atoms with Crippen LogP contribution in [0.1, 0.15) is 30.5 Å². The van der Waals surface area contributed by atoms with Crippen LogP contribution in [0.2, 0.25) is 5.02 Å². The summed E-state index contributed by atoms with van der Waals surface area (Å²) in [6.07, 6.45) is 0.223. The molecule has 0 saturated heterocycles. The van der Waals surface area contributed by atoms with Gasteiger partial charge in [0.1, 0.15) is 18.3 Å². The molecule has 0 aliphatic rings. The molecule has 4 aromatic carbocycles. The number of hydrogen-bond donors (Lipinski definition) is 1. The van der Waals surface area contributed by atoms with Crippen LogP contribution in [0.5, 0.6) is 5.75 Å². The van der Waals surface area contributed by atoms with Gasteiger partial charge in [-0.3, -0.25) is 13.9 Å². The van der Waals surface area contributed by atoms with Crippen molar-refractivity contribution >= 4 is 39.1 Å². The number of benzene rings is 4. The van der Waals surface area contributed by atoms with Gasteiger partial charge >= 0.3 is 0 Å². The molecular weight excluding hydrogens is 622 g/mol. The summed E-state index contributed by atoms with van der Waals surface area (Å²) in [5, 5.41) is 3.47. The van der Waals surface area contributed by atoms with Crippen LogP contribution in [-0.2, 0) is 32.6 Å². The highest BCUT2D eigenvalue weighted by molar-refractivity contribution is 7.92. The second-order valence-electron chi connectivity index (χ2n) is 11.5. The van der Waals surface area contributed by atoms with Crippen LogP contribution in [0, 0.1) is 12.8 Å². The van der Waals surface area contributed by atoms with Gasteiger partial charge in [0.05, 0.1) is 17.7 Å². The van der Waals surface area contributed by atoms with Gasteiger partial charge in [0.15, 0.2) is 0 Å². The van der Waals surface area contributed by atoms with Crippen LogP contribution in [0.15, 0.2) is 108 Å². The van der Waals surface area contributed by atoms with Crippen molar-refractivity contribution in [2.75, 3.05) is 24.5 Å². The molecule has 0 aliphatic heterocycles. The van der Waals surface area contributed by atoms with Crippen LogP contribution in [0.4, 0.5) is 5.69 Å². The van der Waals surface area contributed by atoms with Gasteiger partial charge in [0.2, 0.25) is 11.8 Å². The lowest BCUT2D eigenvalue weighted by Gasteiger charge is -2.34. The molecule has 1 N–H and O–H groups in total. The van der Waals surface area contributed by atoms with Crippen molar-refractivity contribution < 1.29 is 22.7 Å². The predicted molar refractivity (Wildman–Crippen MR) is 182 cm³/mol. The summed E-state index contributed by atoms with van der Waals surface area (Å²) in [6, 6.07) is 28.5. The average molecular weight is 662 g/mol. The lowest BCUT2D eigenvalue weighted by Crippen LogP contribution is -2.53. The standard InChI is InChI=1S/C36H40ClN3O5S/c1-26(2)23-38-36(42)34(21-28-10-6-5-7-11-28)39(24-29-12-8-13-30(37)20-29)35(41)25-40(31-14-9-15-32(22-31)45-4)46(43,44)33-18-16-27(3)17-19-33/h5-20,22,26,34H,21,23-25H2,1-4H3,(H,38,42)/t34-/m1/s1. The highest BCUT2D eigenvalue weighted by Crippen LogP contribution is 2.28. The van der Waals surface area contributed by atoms with Crippen molar-refractivity contribution in [2.24, 2.45) is 5.92 Å². The van der Waals surface area contributed by atoms with Crippen LogP contribution in [-0.4, -0.2) is 51.4 Å². The number of hydrogen-bond acceptors (Lipinski definition) is 5.